The average molecular weight is 545 g/mol. The largest absolute Gasteiger partial charge is 0.373 e. The van der Waals surface area contributed by atoms with Crippen molar-refractivity contribution >= 4 is 22.8 Å². The lowest BCUT2D eigenvalue weighted by Gasteiger charge is -2.21. The van der Waals surface area contributed by atoms with Gasteiger partial charge in [-0.1, -0.05) is 119 Å². The van der Waals surface area contributed by atoms with Gasteiger partial charge in [-0.3, -0.25) is 9.48 Å². The summed E-state index contributed by atoms with van der Waals surface area (Å²) < 4.78 is 2.02. The topological polar surface area (TPSA) is 69.0 Å². The number of Topliss-reactive ketones (excluding diaryl/α,β-unsaturated/α-hetero) is 1. The van der Waals surface area contributed by atoms with Gasteiger partial charge in [0.25, 0.3) is 0 Å². The maximum absolute atomic E-state index is 13.4. The summed E-state index contributed by atoms with van der Waals surface area (Å²) in [6.07, 6.45) is 0.729. The van der Waals surface area contributed by atoms with Crippen molar-refractivity contribution in [2.75, 3.05) is 0 Å². The van der Waals surface area contributed by atoms with E-state index in [0.717, 1.165) is 22.2 Å². The maximum Gasteiger partial charge on any atom is 0.373 e. The molecule has 0 unspecified atom stereocenters. The molecule has 0 saturated heterocycles. The van der Waals surface area contributed by atoms with E-state index < -0.39 is 0 Å². The van der Waals surface area contributed by atoms with Gasteiger partial charge in [0, 0.05) is 17.4 Å². The molecule has 0 aliphatic carbocycles. The fourth-order valence-electron chi connectivity index (χ4n) is 5.07. The Balaban J connectivity index is 0.00000124. The van der Waals surface area contributed by atoms with Crippen LogP contribution < -0.4 is 0 Å². The summed E-state index contributed by atoms with van der Waals surface area (Å²) >= 11 is 0. The maximum atomic E-state index is 13.4. The van der Waals surface area contributed by atoms with Gasteiger partial charge in [0.1, 0.15) is 0 Å². The first-order chi connectivity index (χ1) is 19.6. The Bertz CT molecular complexity index is 1670. The summed E-state index contributed by atoms with van der Waals surface area (Å²) in [5, 5.41) is 5.90. The Morgan fingerprint density at radius 1 is 0.854 bits per heavy atom. The van der Waals surface area contributed by atoms with Gasteiger partial charge in [-0.25, -0.2) is 0 Å². The van der Waals surface area contributed by atoms with E-state index in [0.29, 0.717) is 13.0 Å². The molecule has 5 rings (SSSR count). The highest BCUT2D eigenvalue weighted by Gasteiger charge is 2.19. The van der Waals surface area contributed by atoms with Crippen LogP contribution in [0, 0.1) is 6.92 Å². The molecule has 0 amide bonds. The van der Waals surface area contributed by atoms with Crippen molar-refractivity contribution in [3.8, 4) is 11.1 Å². The molecule has 5 aromatic rings. The van der Waals surface area contributed by atoms with Crippen molar-refractivity contribution < 1.29 is 14.4 Å². The number of rotatable bonds is 7. The van der Waals surface area contributed by atoms with Crippen LogP contribution in [0.1, 0.15) is 72.8 Å². The number of hydrogen-bond acceptors (Lipinski definition) is 4. The Morgan fingerprint density at radius 3 is 2.17 bits per heavy atom. The van der Waals surface area contributed by atoms with E-state index in [-0.39, 0.29) is 23.3 Å². The highest BCUT2D eigenvalue weighted by molar-refractivity contribution is 6.00. The van der Waals surface area contributed by atoms with Crippen molar-refractivity contribution in [1.82, 2.24) is 9.78 Å². The van der Waals surface area contributed by atoms with Crippen molar-refractivity contribution in [3.05, 3.63) is 125 Å². The molecule has 5 nitrogen and oxygen atoms in total. The van der Waals surface area contributed by atoms with Crippen LogP contribution in [-0.2, 0) is 21.5 Å². The molecular formula is C36H36N2O3. The van der Waals surface area contributed by atoms with Gasteiger partial charge >= 0.3 is 6.15 Å². The highest BCUT2D eigenvalue weighted by atomic mass is 16.2. The quantitative estimate of drug-likeness (QED) is 0.194. The third-order valence-electron chi connectivity index (χ3n) is 7.46. The van der Waals surface area contributed by atoms with Crippen molar-refractivity contribution in [2.24, 2.45) is 0 Å². The molecule has 208 valence electrons. The zero-order valence-electron chi connectivity index (χ0n) is 24.3. The molecule has 0 spiro atoms. The van der Waals surface area contributed by atoms with E-state index in [1.807, 2.05) is 35.9 Å². The molecule has 4 aromatic carbocycles. The van der Waals surface area contributed by atoms with Crippen LogP contribution in [-0.4, -0.2) is 21.7 Å². The van der Waals surface area contributed by atoms with E-state index in [1.54, 1.807) is 0 Å². The summed E-state index contributed by atoms with van der Waals surface area (Å²) in [5.74, 6) is 0.313. The summed E-state index contributed by atoms with van der Waals surface area (Å²) in [7, 11) is 0. The van der Waals surface area contributed by atoms with Gasteiger partial charge in [-0.15, -0.1) is 0 Å². The van der Waals surface area contributed by atoms with Crippen molar-refractivity contribution in [3.63, 3.8) is 0 Å². The molecule has 0 radical (unpaired) electrons. The van der Waals surface area contributed by atoms with E-state index in [2.05, 4.69) is 100 Å². The number of aromatic nitrogens is 2. The van der Waals surface area contributed by atoms with Crippen molar-refractivity contribution in [2.45, 2.75) is 58.9 Å². The second-order valence-electron chi connectivity index (χ2n) is 11.5. The molecule has 0 aliphatic rings. The summed E-state index contributed by atoms with van der Waals surface area (Å²) in [5.41, 5.74) is 8.92. The summed E-state index contributed by atoms with van der Waals surface area (Å²) in [6, 6.07) is 33.7. The number of benzene rings is 4. The van der Waals surface area contributed by atoms with Gasteiger partial charge < -0.3 is 0 Å². The van der Waals surface area contributed by atoms with Crippen LogP contribution in [0.3, 0.4) is 0 Å². The van der Waals surface area contributed by atoms with Gasteiger partial charge in [-0.05, 0) is 52.1 Å². The molecule has 41 heavy (non-hydrogen) atoms. The number of aryl methyl sites for hydroxylation is 1. The molecule has 1 heterocycles. The number of hydrogen-bond donors (Lipinski definition) is 0. The third kappa shape index (κ3) is 7.13. The summed E-state index contributed by atoms with van der Waals surface area (Å²) in [6.45, 7) is 11.5. The first kappa shape index (κ1) is 29.4. The Hall–Kier alpha value is -4.60. The predicted molar refractivity (Wildman–Crippen MR) is 163 cm³/mol. The lowest BCUT2D eigenvalue weighted by Crippen LogP contribution is -2.12. The zero-order chi connectivity index (χ0) is 29.6. The monoisotopic (exact) mass is 544 g/mol. The van der Waals surface area contributed by atoms with Gasteiger partial charge in [0.2, 0.25) is 0 Å². The second kappa shape index (κ2) is 12.7. The Morgan fingerprint density at radius 2 is 1.51 bits per heavy atom. The van der Waals surface area contributed by atoms with E-state index >= 15 is 0 Å². The number of ketones is 1. The minimum Gasteiger partial charge on any atom is -0.294 e. The number of carbonyl (C=O) groups is 1. The molecule has 1 atom stereocenters. The Labute approximate surface area is 241 Å². The Kier molecular flexibility index (Phi) is 9.11. The second-order valence-corrected chi connectivity index (χ2v) is 11.5. The molecule has 5 heteroatoms. The predicted octanol–water partition coefficient (Wildman–Crippen LogP) is 8.15. The van der Waals surface area contributed by atoms with E-state index in [4.69, 9.17) is 14.7 Å². The van der Waals surface area contributed by atoms with Gasteiger partial charge in [0.15, 0.2) is 5.78 Å². The molecule has 0 aliphatic heterocycles. The smallest absolute Gasteiger partial charge is 0.294 e. The van der Waals surface area contributed by atoms with Crippen LogP contribution >= 0.6 is 0 Å². The van der Waals surface area contributed by atoms with Crippen molar-refractivity contribution in [1.29, 1.82) is 0 Å². The molecular weight excluding hydrogens is 508 g/mol. The molecule has 0 saturated carbocycles. The zero-order valence-corrected chi connectivity index (χ0v) is 24.3. The highest BCUT2D eigenvalue weighted by Crippen LogP contribution is 2.29. The number of nitrogens with zero attached hydrogens (tertiary/aromatic N) is 2. The minimum absolute atomic E-state index is 0.0862. The van der Waals surface area contributed by atoms with Crippen LogP contribution in [0.4, 0.5) is 0 Å². The van der Waals surface area contributed by atoms with Crippen LogP contribution in [0.15, 0.2) is 97.1 Å². The van der Waals surface area contributed by atoms with Crippen LogP contribution in [0.5, 0.6) is 0 Å². The number of carbonyl (C=O) groups excluding carboxylic acids is 3. The fraction of sp³-hybridized carbons (Fsp3) is 0.250. The molecule has 0 N–H and O–H groups in total. The SMILES string of the molecule is Cc1nn(Cc2ccc(-c3ccccc3)cc2)c2cc(C(=O)C[C@@H](C)c3cccc(C(C)(C)C)c3)ccc12.O=C=O. The molecule has 0 fully saturated rings. The summed E-state index contributed by atoms with van der Waals surface area (Å²) in [4.78, 5) is 29.6. The van der Waals surface area contributed by atoms with Gasteiger partial charge in [-0.2, -0.15) is 14.7 Å². The lowest BCUT2D eigenvalue weighted by atomic mass is 9.84. The number of fused-ring (bicyclic) bond motifs is 1. The van der Waals surface area contributed by atoms with Gasteiger partial charge in [0.05, 0.1) is 17.8 Å². The molecule has 1 aromatic heterocycles. The van der Waals surface area contributed by atoms with E-state index in [1.165, 1.54) is 27.8 Å². The first-order valence-corrected chi connectivity index (χ1v) is 13.8. The van der Waals surface area contributed by atoms with Crippen LogP contribution in [0.2, 0.25) is 0 Å². The fourth-order valence-corrected chi connectivity index (χ4v) is 5.07. The molecule has 0 bridgehead atoms. The first-order valence-electron chi connectivity index (χ1n) is 13.8. The van der Waals surface area contributed by atoms with E-state index in [9.17, 15) is 4.79 Å². The third-order valence-corrected chi connectivity index (χ3v) is 7.46. The standard InChI is InChI=1S/C35H36N2O.CO2/c1-24(29-12-9-13-31(21-29)35(3,4)5)20-34(38)30-18-19-32-25(2)36-37(33(32)22-30)23-26-14-16-28(17-15-26)27-10-7-6-8-11-27;2-1-3/h6-19,21-22,24H,20,23H2,1-5H3;/t24-;/m1./s1. The van der Waals surface area contributed by atoms with Crippen LogP contribution in [0.25, 0.3) is 22.0 Å². The minimum atomic E-state index is 0.0862. The lowest BCUT2D eigenvalue weighted by molar-refractivity contribution is -0.191. The average Bonchev–Trinajstić information content (AvgIpc) is 3.28. The normalized spacial score (nSPS) is 11.8.